The summed E-state index contributed by atoms with van der Waals surface area (Å²) in [5, 5.41) is 10.7. The van der Waals surface area contributed by atoms with E-state index < -0.39 is 0 Å². The van der Waals surface area contributed by atoms with Gasteiger partial charge in [0.15, 0.2) is 17.5 Å². The maximum atomic E-state index is 5.91. The molecule has 0 saturated carbocycles. The first-order chi connectivity index (χ1) is 11.2. The molecule has 1 aromatic carbocycles. The molecule has 0 bridgehead atoms. The van der Waals surface area contributed by atoms with E-state index in [-0.39, 0.29) is 30.1 Å². The molecule has 1 atom stereocenters. The molecule has 0 fully saturated rings. The normalized spacial score (nSPS) is 12.0. The Labute approximate surface area is 164 Å². The predicted molar refractivity (Wildman–Crippen MR) is 111 cm³/mol. The van der Waals surface area contributed by atoms with E-state index in [9.17, 15) is 0 Å². The van der Waals surface area contributed by atoms with Crippen molar-refractivity contribution in [2.24, 2.45) is 4.99 Å². The number of aliphatic imine (C=N–C) groups is 1. The minimum atomic E-state index is -0.0222. The molecule has 7 heteroatoms. The molecule has 2 rings (SSSR count). The van der Waals surface area contributed by atoms with Gasteiger partial charge in [0.25, 0.3) is 0 Å². The van der Waals surface area contributed by atoms with Crippen LogP contribution in [0.15, 0.2) is 46.1 Å². The molecular formula is C17H24IN3O2S. The van der Waals surface area contributed by atoms with Gasteiger partial charge in [0.1, 0.15) is 6.10 Å². The van der Waals surface area contributed by atoms with Crippen molar-refractivity contribution in [2.75, 3.05) is 20.7 Å². The number of ether oxygens (including phenoxy) is 2. The van der Waals surface area contributed by atoms with Gasteiger partial charge in [-0.1, -0.05) is 12.1 Å². The van der Waals surface area contributed by atoms with E-state index >= 15 is 0 Å². The van der Waals surface area contributed by atoms with E-state index in [1.54, 1.807) is 25.5 Å². The third-order valence-corrected chi connectivity index (χ3v) is 3.95. The number of hydrogen-bond acceptors (Lipinski definition) is 4. The van der Waals surface area contributed by atoms with E-state index in [0.29, 0.717) is 6.54 Å². The minimum Gasteiger partial charge on any atom is -0.493 e. The molecule has 0 amide bonds. The van der Waals surface area contributed by atoms with Crippen LogP contribution in [0.4, 0.5) is 0 Å². The average Bonchev–Trinajstić information content (AvgIpc) is 3.09. The number of halogens is 1. The second-order valence-corrected chi connectivity index (χ2v) is 5.80. The molecule has 0 saturated heterocycles. The molecule has 5 nitrogen and oxygen atoms in total. The zero-order valence-electron chi connectivity index (χ0n) is 14.1. The maximum absolute atomic E-state index is 5.91. The second kappa shape index (κ2) is 11.1. The summed E-state index contributed by atoms with van der Waals surface area (Å²) in [4.78, 5) is 4.22. The molecule has 0 radical (unpaired) electrons. The number of nitrogens with zero attached hydrogens (tertiary/aromatic N) is 1. The minimum absolute atomic E-state index is 0. The van der Waals surface area contributed by atoms with Crippen LogP contribution in [0, 0.1) is 0 Å². The summed E-state index contributed by atoms with van der Waals surface area (Å²) in [5.74, 6) is 2.23. The van der Waals surface area contributed by atoms with Crippen LogP contribution >= 0.6 is 35.3 Å². The SMILES string of the molecule is CN=C(NCc1ccsc1)NCC(C)Oc1ccccc1OC.I. The number of thiophene rings is 1. The van der Waals surface area contributed by atoms with Crippen molar-refractivity contribution in [3.8, 4) is 11.5 Å². The maximum Gasteiger partial charge on any atom is 0.191 e. The van der Waals surface area contributed by atoms with Gasteiger partial charge in [-0.25, -0.2) is 0 Å². The lowest BCUT2D eigenvalue weighted by Gasteiger charge is -2.19. The smallest absolute Gasteiger partial charge is 0.191 e. The standard InChI is InChI=1S/C17H23N3O2S.HI/c1-13(22-16-7-5-4-6-15(16)21-3)10-19-17(18-2)20-11-14-8-9-23-12-14;/h4-9,12-13H,10-11H2,1-3H3,(H2,18,19,20);1H. The zero-order chi connectivity index (χ0) is 16.5. The molecule has 0 aliphatic heterocycles. The van der Waals surface area contributed by atoms with E-state index in [0.717, 1.165) is 24.0 Å². The van der Waals surface area contributed by atoms with Crippen molar-refractivity contribution in [3.05, 3.63) is 46.7 Å². The van der Waals surface area contributed by atoms with Gasteiger partial charge in [0.05, 0.1) is 13.7 Å². The highest BCUT2D eigenvalue weighted by atomic mass is 127. The van der Waals surface area contributed by atoms with E-state index in [1.165, 1.54) is 5.56 Å². The highest BCUT2D eigenvalue weighted by Gasteiger charge is 2.09. The lowest BCUT2D eigenvalue weighted by atomic mass is 10.3. The van der Waals surface area contributed by atoms with Crippen molar-refractivity contribution in [3.63, 3.8) is 0 Å². The van der Waals surface area contributed by atoms with Gasteiger partial charge in [0, 0.05) is 13.6 Å². The zero-order valence-corrected chi connectivity index (χ0v) is 17.3. The highest BCUT2D eigenvalue weighted by Crippen LogP contribution is 2.26. The Morgan fingerprint density at radius 2 is 1.96 bits per heavy atom. The van der Waals surface area contributed by atoms with Crippen molar-refractivity contribution in [1.29, 1.82) is 0 Å². The molecule has 1 heterocycles. The number of rotatable bonds is 7. The summed E-state index contributed by atoms with van der Waals surface area (Å²) >= 11 is 1.69. The third kappa shape index (κ3) is 6.56. The second-order valence-electron chi connectivity index (χ2n) is 5.02. The number of methoxy groups -OCH3 is 1. The number of hydrogen-bond donors (Lipinski definition) is 2. The summed E-state index contributed by atoms with van der Waals surface area (Å²) in [6, 6.07) is 9.73. The Kier molecular flexibility index (Phi) is 9.55. The Morgan fingerprint density at radius 1 is 1.21 bits per heavy atom. The fraction of sp³-hybridized carbons (Fsp3) is 0.353. The van der Waals surface area contributed by atoms with Crippen molar-refractivity contribution in [1.82, 2.24) is 10.6 Å². The van der Waals surface area contributed by atoms with E-state index in [4.69, 9.17) is 9.47 Å². The highest BCUT2D eigenvalue weighted by molar-refractivity contribution is 14.0. The molecule has 0 aliphatic rings. The topological polar surface area (TPSA) is 54.9 Å². The van der Waals surface area contributed by atoms with Gasteiger partial charge < -0.3 is 20.1 Å². The van der Waals surface area contributed by atoms with Crippen LogP contribution in [0.3, 0.4) is 0 Å². The molecule has 1 aromatic heterocycles. The summed E-state index contributed by atoms with van der Waals surface area (Å²) in [6.07, 6.45) is -0.0222. The number of guanidine groups is 1. The quantitative estimate of drug-likeness (QED) is 0.377. The summed E-state index contributed by atoms with van der Waals surface area (Å²) in [5.41, 5.74) is 1.25. The fourth-order valence-corrected chi connectivity index (χ4v) is 2.68. The lowest BCUT2D eigenvalue weighted by Crippen LogP contribution is -2.41. The van der Waals surface area contributed by atoms with Gasteiger partial charge in [-0.3, -0.25) is 4.99 Å². The Bertz CT molecular complexity index is 620. The van der Waals surface area contributed by atoms with Crippen LogP contribution in [0.5, 0.6) is 11.5 Å². The Morgan fingerprint density at radius 3 is 2.58 bits per heavy atom. The largest absolute Gasteiger partial charge is 0.493 e. The van der Waals surface area contributed by atoms with Crippen LogP contribution in [0.2, 0.25) is 0 Å². The molecule has 0 aliphatic carbocycles. The van der Waals surface area contributed by atoms with Gasteiger partial charge in [0.2, 0.25) is 0 Å². The first-order valence-electron chi connectivity index (χ1n) is 7.48. The van der Waals surface area contributed by atoms with Gasteiger partial charge in [-0.2, -0.15) is 11.3 Å². The van der Waals surface area contributed by atoms with Crippen molar-refractivity contribution in [2.45, 2.75) is 19.6 Å². The number of benzene rings is 1. The number of nitrogens with one attached hydrogen (secondary N) is 2. The van der Waals surface area contributed by atoms with Crippen LogP contribution in [-0.4, -0.2) is 32.8 Å². The molecule has 0 spiro atoms. The molecular weight excluding hydrogens is 437 g/mol. The van der Waals surface area contributed by atoms with Crippen LogP contribution in [0.25, 0.3) is 0 Å². The summed E-state index contributed by atoms with van der Waals surface area (Å²) < 4.78 is 11.2. The molecule has 24 heavy (non-hydrogen) atoms. The van der Waals surface area contributed by atoms with Crippen molar-refractivity contribution < 1.29 is 9.47 Å². The third-order valence-electron chi connectivity index (χ3n) is 3.22. The molecule has 2 N–H and O–H groups in total. The molecule has 2 aromatic rings. The van der Waals surface area contributed by atoms with Crippen LogP contribution in [-0.2, 0) is 6.54 Å². The summed E-state index contributed by atoms with van der Waals surface area (Å²) in [6.45, 7) is 3.40. The molecule has 1 unspecified atom stereocenters. The van der Waals surface area contributed by atoms with Gasteiger partial charge >= 0.3 is 0 Å². The first-order valence-corrected chi connectivity index (χ1v) is 8.42. The monoisotopic (exact) mass is 461 g/mol. The van der Waals surface area contributed by atoms with Crippen LogP contribution in [0.1, 0.15) is 12.5 Å². The predicted octanol–water partition coefficient (Wildman–Crippen LogP) is 3.51. The lowest BCUT2D eigenvalue weighted by molar-refractivity contribution is 0.213. The van der Waals surface area contributed by atoms with E-state index in [2.05, 4.69) is 32.5 Å². The summed E-state index contributed by atoms with van der Waals surface area (Å²) in [7, 11) is 3.40. The number of para-hydroxylation sites is 2. The van der Waals surface area contributed by atoms with Crippen LogP contribution < -0.4 is 20.1 Å². The first kappa shape index (κ1) is 20.6. The Hall–Kier alpha value is -1.48. The fourth-order valence-electron chi connectivity index (χ4n) is 2.01. The van der Waals surface area contributed by atoms with Crippen molar-refractivity contribution >= 4 is 41.3 Å². The van der Waals surface area contributed by atoms with Gasteiger partial charge in [-0.05, 0) is 41.4 Å². The van der Waals surface area contributed by atoms with E-state index in [1.807, 2.05) is 31.2 Å². The average molecular weight is 461 g/mol. The van der Waals surface area contributed by atoms with Gasteiger partial charge in [-0.15, -0.1) is 24.0 Å². The molecule has 132 valence electrons. The Balaban J connectivity index is 0.00000288.